The highest BCUT2D eigenvalue weighted by molar-refractivity contribution is 8.08. The third kappa shape index (κ3) is 2.55. The molecule has 4 nitrogen and oxygen atoms in total. The Hall–Kier alpha value is -1.62. The molecule has 5 heteroatoms. The van der Waals surface area contributed by atoms with Gasteiger partial charge in [-0.1, -0.05) is 12.1 Å². The highest BCUT2D eigenvalue weighted by Gasteiger charge is 2.14. The number of amides is 1. The number of benzene rings is 1. The number of phenolic OH excluding ortho intramolecular Hbond substituents is 1. The zero-order chi connectivity index (χ0) is 12.3. The normalized spacial score (nSPS) is 14.6. The van der Waals surface area contributed by atoms with Crippen molar-refractivity contribution in [1.82, 2.24) is 10.6 Å². The Kier molecular flexibility index (Phi) is 3.58. The van der Waals surface area contributed by atoms with Crippen molar-refractivity contribution < 1.29 is 9.90 Å². The molecule has 1 aliphatic rings. The van der Waals surface area contributed by atoms with E-state index in [0.717, 1.165) is 27.6 Å². The van der Waals surface area contributed by atoms with E-state index in [1.54, 1.807) is 17.8 Å². The van der Waals surface area contributed by atoms with Gasteiger partial charge in [0, 0.05) is 22.7 Å². The predicted octanol–water partition coefficient (Wildman–Crippen LogP) is 1.62. The summed E-state index contributed by atoms with van der Waals surface area (Å²) in [7, 11) is 0. The molecule has 0 aliphatic carbocycles. The van der Waals surface area contributed by atoms with Crippen LogP contribution in [0.4, 0.5) is 0 Å². The van der Waals surface area contributed by atoms with E-state index in [4.69, 9.17) is 0 Å². The molecule has 0 unspecified atom stereocenters. The van der Waals surface area contributed by atoms with Crippen molar-refractivity contribution in [2.24, 2.45) is 0 Å². The minimum absolute atomic E-state index is 0.213. The first-order valence-electron chi connectivity index (χ1n) is 5.29. The van der Waals surface area contributed by atoms with Crippen LogP contribution in [-0.4, -0.2) is 17.4 Å². The van der Waals surface area contributed by atoms with Crippen LogP contribution in [0.15, 0.2) is 23.9 Å². The van der Waals surface area contributed by atoms with E-state index >= 15 is 0 Å². The zero-order valence-electron chi connectivity index (χ0n) is 9.49. The lowest BCUT2D eigenvalue weighted by molar-refractivity contribution is -0.109. The minimum Gasteiger partial charge on any atom is -0.508 e. The second-order valence-corrected chi connectivity index (χ2v) is 4.75. The maximum atomic E-state index is 10.2. The van der Waals surface area contributed by atoms with Crippen LogP contribution in [0.5, 0.6) is 5.75 Å². The number of carbonyl (C=O) groups excluding carboxylic acids is 1. The summed E-state index contributed by atoms with van der Waals surface area (Å²) in [6.45, 7) is 2.37. The highest BCUT2D eigenvalue weighted by Crippen LogP contribution is 2.35. The monoisotopic (exact) mass is 250 g/mol. The maximum absolute atomic E-state index is 10.2. The Morgan fingerprint density at radius 1 is 1.59 bits per heavy atom. The minimum atomic E-state index is 0.213. The lowest BCUT2D eigenvalue weighted by atomic mass is 10.1. The fraction of sp³-hybridized carbons (Fsp3) is 0.250. The van der Waals surface area contributed by atoms with Crippen molar-refractivity contribution in [1.29, 1.82) is 0 Å². The fourth-order valence-electron chi connectivity index (χ4n) is 1.71. The Morgan fingerprint density at radius 3 is 3.00 bits per heavy atom. The summed E-state index contributed by atoms with van der Waals surface area (Å²) < 4.78 is 0. The molecule has 0 aromatic heterocycles. The van der Waals surface area contributed by atoms with Crippen molar-refractivity contribution >= 4 is 23.1 Å². The maximum Gasteiger partial charge on any atom is 0.207 e. The van der Waals surface area contributed by atoms with Gasteiger partial charge in [0.2, 0.25) is 6.41 Å². The van der Waals surface area contributed by atoms with Gasteiger partial charge >= 0.3 is 0 Å². The average Bonchev–Trinajstić information content (AvgIpc) is 2.74. The molecule has 2 rings (SSSR count). The van der Waals surface area contributed by atoms with Gasteiger partial charge in [0.15, 0.2) is 0 Å². The van der Waals surface area contributed by atoms with Gasteiger partial charge in [-0.25, -0.2) is 0 Å². The number of hydrogen-bond donors (Lipinski definition) is 3. The van der Waals surface area contributed by atoms with E-state index in [1.807, 2.05) is 19.1 Å². The van der Waals surface area contributed by atoms with E-state index in [0.29, 0.717) is 13.0 Å². The number of aromatic hydroxyl groups is 1. The Balaban J connectivity index is 2.24. The largest absolute Gasteiger partial charge is 0.508 e. The standard InChI is InChI=1S/C12H14N2O2S/c1-8-12(17-7-14-8)9-2-3-10(5-13-6-15)11(16)4-9/h2-4,6,14,16H,5,7H2,1H3,(H,13,15). The Labute approximate surface area is 104 Å². The van der Waals surface area contributed by atoms with Gasteiger partial charge in [0.05, 0.1) is 5.88 Å². The van der Waals surface area contributed by atoms with Crippen LogP contribution in [0.25, 0.3) is 4.91 Å². The molecule has 1 heterocycles. The quantitative estimate of drug-likeness (QED) is 0.711. The molecule has 0 saturated carbocycles. The molecule has 0 spiro atoms. The second kappa shape index (κ2) is 5.14. The van der Waals surface area contributed by atoms with E-state index in [1.165, 1.54) is 0 Å². The van der Waals surface area contributed by atoms with Crippen LogP contribution in [-0.2, 0) is 11.3 Å². The van der Waals surface area contributed by atoms with Crippen LogP contribution in [0, 0.1) is 0 Å². The Morgan fingerprint density at radius 2 is 2.41 bits per heavy atom. The number of nitrogens with one attached hydrogen (secondary N) is 2. The summed E-state index contributed by atoms with van der Waals surface area (Å²) in [6, 6.07) is 5.53. The molecule has 0 radical (unpaired) electrons. The first kappa shape index (κ1) is 11.9. The summed E-state index contributed by atoms with van der Waals surface area (Å²) in [6.07, 6.45) is 0.622. The van der Waals surface area contributed by atoms with E-state index in [-0.39, 0.29) is 5.75 Å². The number of rotatable bonds is 4. The van der Waals surface area contributed by atoms with E-state index in [2.05, 4.69) is 10.6 Å². The van der Waals surface area contributed by atoms with Gasteiger partial charge in [-0.2, -0.15) is 0 Å². The fourth-order valence-corrected chi connectivity index (χ4v) is 2.73. The number of thioether (sulfide) groups is 1. The van der Waals surface area contributed by atoms with Gasteiger partial charge < -0.3 is 15.7 Å². The molecule has 0 saturated heterocycles. The van der Waals surface area contributed by atoms with Crippen molar-refractivity contribution in [2.45, 2.75) is 13.5 Å². The third-order valence-electron chi connectivity index (χ3n) is 2.62. The first-order valence-corrected chi connectivity index (χ1v) is 6.28. The van der Waals surface area contributed by atoms with Crippen LogP contribution in [0.1, 0.15) is 18.1 Å². The predicted molar refractivity (Wildman–Crippen MR) is 69.2 cm³/mol. The smallest absolute Gasteiger partial charge is 0.207 e. The summed E-state index contributed by atoms with van der Waals surface area (Å²) in [5.41, 5.74) is 2.85. The molecular formula is C12H14N2O2S. The van der Waals surface area contributed by atoms with Gasteiger partial charge in [-0.3, -0.25) is 4.79 Å². The Bertz CT molecular complexity index is 472. The van der Waals surface area contributed by atoms with Crippen LogP contribution in [0.2, 0.25) is 0 Å². The van der Waals surface area contributed by atoms with Crippen molar-refractivity contribution in [2.75, 3.05) is 5.88 Å². The van der Waals surface area contributed by atoms with E-state index < -0.39 is 0 Å². The molecule has 0 fully saturated rings. The van der Waals surface area contributed by atoms with Gasteiger partial charge in [0.1, 0.15) is 5.75 Å². The molecule has 17 heavy (non-hydrogen) atoms. The summed E-state index contributed by atoms with van der Waals surface area (Å²) in [5, 5.41) is 15.6. The number of carbonyl (C=O) groups is 1. The summed E-state index contributed by atoms with van der Waals surface area (Å²) in [5.74, 6) is 1.08. The lowest BCUT2D eigenvalue weighted by Gasteiger charge is -2.07. The zero-order valence-corrected chi connectivity index (χ0v) is 10.3. The highest BCUT2D eigenvalue weighted by atomic mass is 32.2. The van der Waals surface area contributed by atoms with Gasteiger partial charge in [0.25, 0.3) is 0 Å². The summed E-state index contributed by atoms with van der Waals surface area (Å²) >= 11 is 1.72. The molecule has 1 aromatic carbocycles. The molecule has 90 valence electrons. The van der Waals surface area contributed by atoms with Gasteiger partial charge in [-0.05, 0) is 18.6 Å². The SMILES string of the molecule is CC1=C(c2ccc(CNC=O)c(O)c2)SCN1. The topological polar surface area (TPSA) is 61.4 Å². The third-order valence-corrected chi connectivity index (χ3v) is 3.74. The van der Waals surface area contributed by atoms with E-state index in [9.17, 15) is 9.90 Å². The van der Waals surface area contributed by atoms with Gasteiger partial charge in [-0.15, -0.1) is 11.8 Å². The average molecular weight is 250 g/mol. The number of phenols is 1. The second-order valence-electron chi connectivity index (χ2n) is 3.76. The summed E-state index contributed by atoms with van der Waals surface area (Å²) in [4.78, 5) is 11.4. The molecule has 1 aromatic rings. The van der Waals surface area contributed by atoms with Crippen molar-refractivity contribution in [3.05, 3.63) is 35.0 Å². The lowest BCUT2D eigenvalue weighted by Crippen LogP contribution is -2.09. The molecule has 1 amide bonds. The molecule has 0 atom stereocenters. The number of hydrogen-bond acceptors (Lipinski definition) is 4. The van der Waals surface area contributed by atoms with Crippen molar-refractivity contribution in [3.8, 4) is 5.75 Å². The first-order chi connectivity index (χ1) is 8.22. The van der Waals surface area contributed by atoms with Crippen LogP contribution >= 0.6 is 11.8 Å². The number of allylic oxidation sites excluding steroid dienone is 1. The molecular weight excluding hydrogens is 236 g/mol. The van der Waals surface area contributed by atoms with Crippen LogP contribution < -0.4 is 10.6 Å². The molecule has 3 N–H and O–H groups in total. The van der Waals surface area contributed by atoms with Crippen LogP contribution in [0.3, 0.4) is 0 Å². The van der Waals surface area contributed by atoms with Crippen molar-refractivity contribution in [3.63, 3.8) is 0 Å². The molecule has 1 aliphatic heterocycles. The molecule has 0 bridgehead atoms.